The molecular weight excluding hydrogens is 168 g/mol. The fourth-order valence-corrected chi connectivity index (χ4v) is 2.51. The summed E-state index contributed by atoms with van der Waals surface area (Å²) in [4.78, 5) is 13.4. The van der Waals surface area contributed by atoms with E-state index in [0.29, 0.717) is 6.04 Å². The maximum atomic E-state index is 11.0. The summed E-state index contributed by atoms with van der Waals surface area (Å²) in [6, 6.07) is 0.440. The molecule has 2 saturated heterocycles. The molecule has 2 rings (SSSR count). The molecular formula is C9H16N2O2. The highest BCUT2D eigenvalue weighted by molar-refractivity contribution is 5.79. The van der Waals surface area contributed by atoms with Crippen molar-refractivity contribution in [1.29, 1.82) is 0 Å². The minimum atomic E-state index is -0.675. The van der Waals surface area contributed by atoms with Crippen molar-refractivity contribution in [2.24, 2.45) is 0 Å². The largest absolute Gasteiger partial charge is 0.480 e. The van der Waals surface area contributed by atoms with E-state index < -0.39 is 11.5 Å². The molecule has 0 aromatic rings. The number of hydrogen-bond donors (Lipinski definition) is 2. The van der Waals surface area contributed by atoms with E-state index in [1.807, 2.05) is 0 Å². The SMILES string of the molecule is CCN1CCC2(C(=O)O)CC1CN2. The molecule has 4 nitrogen and oxygen atoms in total. The van der Waals surface area contributed by atoms with Crippen LogP contribution in [-0.4, -0.2) is 47.2 Å². The molecule has 2 unspecified atom stereocenters. The van der Waals surface area contributed by atoms with Gasteiger partial charge >= 0.3 is 5.97 Å². The predicted octanol–water partition coefficient (Wildman–Crippen LogP) is -0.103. The Morgan fingerprint density at radius 2 is 2.54 bits per heavy atom. The monoisotopic (exact) mass is 184 g/mol. The maximum absolute atomic E-state index is 11.0. The van der Waals surface area contributed by atoms with Crippen molar-refractivity contribution in [1.82, 2.24) is 10.2 Å². The molecule has 2 aliphatic rings. The van der Waals surface area contributed by atoms with E-state index in [1.165, 1.54) is 0 Å². The second kappa shape index (κ2) is 2.96. The Morgan fingerprint density at radius 3 is 3.15 bits per heavy atom. The van der Waals surface area contributed by atoms with E-state index in [4.69, 9.17) is 5.11 Å². The number of hydrogen-bond acceptors (Lipinski definition) is 3. The second-order valence-corrected chi connectivity index (χ2v) is 4.00. The molecule has 2 aliphatic heterocycles. The molecule has 2 bridgehead atoms. The molecule has 0 saturated carbocycles. The Hall–Kier alpha value is -0.610. The molecule has 2 atom stereocenters. The van der Waals surface area contributed by atoms with Gasteiger partial charge in [-0.15, -0.1) is 0 Å². The van der Waals surface area contributed by atoms with Crippen molar-refractivity contribution in [2.75, 3.05) is 19.6 Å². The minimum absolute atomic E-state index is 0.440. The van der Waals surface area contributed by atoms with E-state index in [1.54, 1.807) is 0 Å². The van der Waals surface area contributed by atoms with E-state index in [2.05, 4.69) is 17.1 Å². The van der Waals surface area contributed by atoms with Crippen molar-refractivity contribution >= 4 is 5.97 Å². The van der Waals surface area contributed by atoms with Crippen molar-refractivity contribution in [3.05, 3.63) is 0 Å². The zero-order valence-corrected chi connectivity index (χ0v) is 7.92. The second-order valence-electron chi connectivity index (χ2n) is 4.00. The van der Waals surface area contributed by atoms with Gasteiger partial charge in [0.05, 0.1) is 0 Å². The molecule has 0 aromatic carbocycles. The number of likely N-dealkylation sites (N-methyl/N-ethyl adjacent to an activating group) is 1. The van der Waals surface area contributed by atoms with Crippen LogP contribution in [0.4, 0.5) is 0 Å². The summed E-state index contributed by atoms with van der Waals surface area (Å²) in [6.07, 6.45) is 1.52. The Balaban J connectivity index is 2.13. The Kier molecular flexibility index (Phi) is 2.04. The number of carboxylic acids is 1. The Morgan fingerprint density at radius 1 is 1.77 bits per heavy atom. The summed E-state index contributed by atoms with van der Waals surface area (Å²) < 4.78 is 0. The van der Waals surface area contributed by atoms with Crippen LogP contribution in [0.1, 0.15) is 19.8 Å². The summed E-state index contributed by atoms with van der Waals surface area (Å²) >= 11 is 0. The standard InChI is InChI=1S/C9H16N2O2/c1-2-11-4-3-9(8(12)13)5-7(11)6-10-9/h7,10H,2-6H2,1H3,(H,12,13). The third-order valence-corrected chi connectivity index (χ3v) is 3.42. The van der Waals surface area contributed by atoms with Gasteiger partial charge in [-0.25, -0.2) is 0 Å². The highest BCUT2D eigenvalue weighted by atomic mass is 16.4. The molecule has 4 heteroatoms. The van der Waals surface area contributed by atoms with Gasteiger partial charge in [-0.3, -0.25) is 9.69 Å². The third-order valence-electron chi connectivity index (χ3n) is 3.42. The molecule has 2 N–H and O–H groups in total. The van der Waals surface area contributed by atoms with Crippen molar-refractivity contribution in [3.8, 4) is 0 Å². The van der Waals surface area contributed by atoms with E-state index in [-0.39, 0.29) is 0 Å². The van der Waals surface area contributed by atoms with Gasteiger partial charge in [0.25, 0.3) is 0 Å². The van der Waals surface area contributed by atoms with Crippen LogP contribution in [0, 0.1) is 0 Å². The fraction of sp³-hybridized carbons (Fsp3) is 0.889. The zero-order valence-electron chi connectivity index (χ0n) is 7.92. The van der Waals surface area contributed by atoms with E-state index >= 15 is 0 Å². The molecule has 0 aliphatic carbocycles. The van der Waals surface area contributed by atoms with E-state index in [9.17, 15) is 4.79 Å². The molecule has 0 radical (unpaired) electrons. The minimum Gasteiger partial charge on any atom is -0.480 e. The molecule has 13 heavy (non-hydrogen) atoms. The van der Waals surface area contributed by atoms with Gasteiger partial charge < -0.3 is 10.4 Å². The number of nitrogens with one attached hydrogen (secondary N) is 1. The highest BCUT2D eigenvalue weighted by Crippen LogP contribution is 2.31. The number of aliphatic carboxylic acids is 1. The lowest BCUT2D eigenvalue weighted by Crippen LogP contribution is -2.52. The van der Waals surface area contributed by atoms with Crippen LogP contribution >= 0.6 is 0 Å². The average Bonchev–Trinajstić information content (AvgIpc) is 2.47. The summed E-state index contributed by atoms with van der Waals surface area (Å²) in [7, 11) is 0. The summed E-state index contributed by atoms with van der Waals surface area (Å²) in [5.41, 5.74) is -0.601. The van der Waals surface area contributed by atoms with Crippen LogP contribution < -0.4 is 5.32 Å². The smallest absolute Gasteiger partial charge is 0.324 e. The van der Waals surface area contributed by atoms with Crippen LogP contribution in [0.15, 0.2) is 0 Å². The third kappa shape index (κ3) is 1.25. The first kappa shape index (κ1) is 8.97. The molecule has 2 fully saturated rings. The Bertz CT molecular complexity index is 232. The molecule has 0 amide bonds. The summed E-state index contributed by atoms with van der Waals surface area (Å²) in [5, 5.41) is 12.2. The van der Waals surface area contributed by atoms with Crippen LogP contribution in [0.2, 0.25) is 0 Å². The van der Waals surface area contributed by atoms with E-state index in [0.717, 1.165) is 32.5 Å². The number of rotatable bonds is 2. The molecule has 0 spiro atoms. The lowest BCUT2D eigenvalue weighted by Gasteiger charge is -2.35. The van der Waals surface area contributed by atoms with Gasteiger partial charge in [0.1, 0.15) is 5.54 Å². The maximum Gasteiger partial charge on any atom is 0.324 e. The van der Waals surface area contributed by atoms with Crippen molar-refractivity contribution < 1.29 is 9.90 Å². The number of likely N-dealkylation sites (tertiary alicyclic amines) is 1. The van der Waals surface area contributed by atoms with Crippen LogP contribution in [0.5, 0.6) is 0 Å². The summed E-state index contributed by atoms with van der Waals surface area (Å²) in [6.45, 7) is 4.91. The van der Waals surface area contributed by atoms with Gasteiger partial charge in [0, 0.05) is 19.1 Å². The lowest BCUT2D eigenvalue weighted by atomic mass is 9.88. The fourth-order valence-electron chi connectivity index (χ4n) is 2.51. The predicted molar refractivity (Wildman–Crippen MR) is 48.6 cm³/mol. The first-order valence-corrected chi connectivity index (χ1v) is 4.90. The quantitative estimate of drug-likeness (QED) is 0.629. The van der Waals surface area contributed by atoms with Gasteiger partial charge in [-0.2, -0.15) is 0 Å². The topological polar surface area (TPSA) is 52.6 Å². The number of piperidine rings is 1. The number of fused-ring (bicyclic) bond motifs is 2. The zero-order chi connectivity index (χ0) is 9.47. The number of carbonyl (C=O) groups is 1. The molecule has 2 heterocycles. The normalized spacial score (nSPS) is 39.3. The van der Waals surface area contributed by atoms with Crippen molar-refractivity contribution in [2.45, 2.75) is 31.3 Å². The highest BCUT2D eigenvalue weighted by Gasteiger charge is 2.49. The van der Waals surface area contributed by atoms with Gasteiger partial charge in [-0.05, 0) is 19.4 Å². The van der Waals surface area contributed by atoms with Crippen LogP contribution in [0.3, 0.4) is 0 Å². The van der Waals surface area contributed by atoms with Gasteiger partial charge in [-0.1, -0.05) is 6.92 Å². The first-order valence-electron chi connectivity index (χ1n) is 4.90. The molecule has 0 aromatic heterocycles. The summed E-state index contributed by atoms with van der Waals surface area (Å²) in [5.74, 6) is -0.675. The molecule has 74 valence electrons. The van der Waals surface area contributed by atoms with Crippen molar-refractivity contribution in [3.63, 3.8) is 0 Å². The number of nitrogens with zero attached hydrogens (tertiary/aromatic N) is 1. The number of carboxylic acid groups (broad SMARTS) is 1. The van der Waals surface area contributed by atoms with Crippen LogP contribution in [-0.2, 0) is 4.79 Å². The first-order chi connectivity index (χ1) is 6.18. The van der Waals surface area contributed by atoms with Gasteiger partial charge in [0.15, 0.2) is 0 Å². The Labute approximate surface area is 77.9 Å². The van der Waals surface area contributed by atoms with Gasteiger partial charge in [0.2, 0.25) is 0 Å². The lowest BCUT2D eigenvalue weighted by molar-refractivity contribution is -0.145. The van der Waals surface area contributed by atoms with Crippen LogP contribution in [0.25, 0.3) is 0 Å². The average molecular weight is 184 g/mol.